The van der Waals surface area contributed by atoms with Crippen LogP contribution in [0.1, 0.15) is 24.2 Å². The van der Waals surface area contributed by atoms with Crippen molar-refractivity contribution in [3.63, 3.8) is 0 Å². The molecule has 1 aliphatic rings. The lowest BCUT2D eigenvalue weighted by molar-refractivity contribution is -0.274. The van der Waals surface area contributed by atoms with Crippen LogP contribution in [0.5, 0.6) is 5.75 Å². The molecule has 1 aromatic carbocycles. The van der Waals surface area contributed by atoms with Gasteiger partial charge in [-0.15, -0.1) is 13.2 Å². The van der Waals surface area contributed by atoms with Gasteiger partial charge in [0.1, 0.15) is 11.8 Å². The van der Waals surface area contributed by atoms with Gasteiger partial charge in [-0.3, -0.25) is 14.5 Å². The van der Waals surface area contributed by atoms with Crippen LogP contribution in [0.25, 0.3) is 0 Å². The van der Waals surface area contributed by atoms with Crippen LogP contribution in [0.4, 0.5) is 18.9 Å². The van der Waals surface area contributed by atoms with E-state index < -0.39 is 35.8 Å². The van der Waals surface area contributed by atoms with Gasteiger partial charge in [-0.05, 0) is 32.0 Å². The average molecular weight is 331 g/mol. The molecule has 0 aromatic heterocycles. The monoisotopic (exact) mass is 331 g/mol. The maximum atomic E-state index is 12.2. The Balaban J connectivity index is 2.37. The van der Waals surface area contributed by atoms with Gasteiger partial charge >= 0.3 is 12.3 Å². The van der Waals surface area contributed by atoms with Gasteiger partial charge in [0.25, 0.3) is 11.7 Å². The maximum Gasteiger partial charge on any atom is 0.573 e. The average Bonchev–Trinajstić information content (AvgIpc) is 2.69. The number of ketones is 1. The quantitative estimate of drug-likeness (QED) is 0.624. The number of alkyl halides is 3. The molecule has 1 heterocycles. The molecule has 124 valence electrons. The zero-order valence-electron chi connectivity index (χ0n) is 12.1. The summed E-state index contributed by atoms with van der Waals surface area (Å²) in [6.07, 6.45) is -4.92. The van der Waals surface area contributed by atoms with Gasteiger partial charge in [-0.2, -0.15) is 0 Å². The van der Waals surface area contributed by atoms with Crippen molar-refractivity contribution in [3.05, 3.63) is 23.8 Å². The molecule has 0 radical (unpaired) electrons. The molecule has 0 N–H and O–H groups in total. The molecule has 0 saturated carbocycles. The van der Waals surface area contributed by atoms with Crippen molar-refractivity contribution in [2.75, 3.05) is 11.5 Å². The molecule has 1 aliphatic heterocycles. The number of anilines is 1. The van der Waals surface area contributed by atoms with E-state index >= 15 is 0 Å². The lowest BCUT2D eigenvalue weighted by Gasteiger charge is -2.22. The molecule has 0 saturated heterocycles. The highest BCUT2D eigenvalue weighted by Gasteiger charge is 2.42. The van der Waals surface area contributed by atoms with Crippen molar-refractivity contribution in [1.29, 1.82) is 0 Å². The predicted molar refractivity (Wildman–Crippen MR) is 71.0 cm³/mol. The van der Waals surface area contributed by atoms with Gasteiger partial charge in [0.15, 0.2) is 0 Å². The van der Waals surface area contributed by atoms with Gasteiger partial charge in [-0.25, -0.2) is 4.79 Å². The Morgan fingerprint density at radius 3 is 2.52 bits per heavy atom. The van der Waals surface area contributed by atoms with E-state index in [1.165, 1.54) is 6.92 Å². The SMILES string of the molecule is CCOC(=O)C(C)N1C(=O)C(=O)c2cc(OC(F)(F)F)ccc21. The lowest BCUT2D eigenvalue weighted by Crippen LogP contribution is -2.43. The number of Topliss-reactive ketones (excluding diaryl/α,β-unsaturated/α-hetero) is 1. The van der Waals surface area contributed by atoms with Gasteiger partial charge in [0, 0.05) is 0 Å². The summed E-state index contributed by atoms with van der Waals surface area (Å²) < 4.78 is 45.2. The number of nitrogens with zero attached hydrogens (tertiary/aromatic N) is 1. The molecule has 23 heavy (non-hydrogen) atoms. The van der Waals surface area contributed by atoms with Crippen molar-refractivity contribution < 1.29 is 37.0 Å². The van der Waals surface area contributed by atoms with E-state index in [1.54, 1.807) is 6.92 Å². The van der Waals surface area contributed by atoms with E-state index in [2.05, 4.69) is 4.74 Å². The first-order valence-corrected chi connectivity index (χ1v) is 6.60. The van der Waals surface area contributed by atoms with Gasteiger partial charge in [-0.1, -0.05) is 0 Å². The molecule has 2 rings (SSSR count). The van der Waals surface area contributed by atoms with Gasteiger partial charge < -0.3 is 9.47 Å². The normalized spacial score (nSPS) is 15.4. The van der Waals surface area contributed by atoms with Crippen LogP contribution < -0.4 is 9.64 Å². The highest BCUT2D eigenvalue weighted by atomic mass is 19.4. The highest BCUT2D eigenvalue weighted by Crippen LogP contribution is 2.35. The van der Waals surface area contributed by atoms with Crippen LogP contribution in [0, 0.1) is 0 Å². The van der Waals surface area contributed by atoms with E-state index in [-0.39, 0.29) is 17.9 Å². The van der Waals surface area contributed by atoms with Crippen LogP contribution in [0.2, 0.25) is 0 Å². The minimum absolute atomic E-state index is 0.0371. The summed E-state index contributed by atoms with van der Waals surface area (Å²) in [4.78, 5) is 36.6. The highest BCUT2D eigenvalue weighted by molar-refractivity contribution is 6.52. The molecule has 0 fully saturated rings. The van der Waals surface area contributed by atoms with Crippen molar-refractivity contribution in [2.45, 2.75) is 26.3 Å². The number of amides is 1. The zero-order chi connectivity index (χ0) is 17.4. The summed E-state index contributed by atoms with van der Waals surface area (Å²) >= 11 is 0. The summed E-state index contributed by atoms with van der Waals surface area (Å²) in [5, 5.41) is 0. The fourth-order valence-corrected chi connectivity index (χ4v) is 2.19. The zero-order valence-corrected chi connectivity index (χ0v) is 12.1. The molecule has 0 spiro atoms. The number of esters is 1. The first kappa shape index (κ1) is 16.8. The topological polar surface area (TPSA) is 72.9 Å². The van der Waals surface area contributed by atoms with Crippen LogP contribution in [-0.2, 0) is 14.3 Å². The van der Waals surface area contributed by atoms with E-state index in [0.29, 0.717) is 0 Å². The Kier molecular flexibility index (Phi) is 4.31. The van der Waals surface area contributed by atoms with Crippen molar-refractivity contribution in [2.24, 2.45) is 0 Å². The van der Waals surface area contributed by atoms with Crippen molar-refractivity contribution in [3.8, 4) is 5.75 Å². The number of ether oxygens (including phenoxy) is 2. The molecule has 0 aliphatic carbocycles. The van der Waals surface area contributed by atoms with Crippen LogP contribution in [0.3, 0.4) is 0 Å². The minimum Gasteiger partial charge on any atom is -0.464 e. The maximum absolute atomic E-state index is 12.2. The minimum atomic E-state index is -4.92. The Morgan fingerprint density at radius 2 is 1.96 bits per heavy atom. The van der Waals surface area contributed by atoms with Gasteiger partial charge in [0.05, 0.1) is 17.9 Å². The fraction of sp³-hybridized carbons (Fsp3) is 0.357. The molecular weight excluding hydrogens is 319 g/mol. The third-order valence-electron chi connectivity index (χ3n) is 3.13. The van der Waals surface area contributed by atoms with Crippen LogP contribution in [0.15, 0.2) is 18.2 Å². The van der Waals surface area contributed by atoms with Crippen molar-refractivity contribution >= 4 is 23.3 Å². The third kappa shape index (κ3) is 3.27. The van der Waals surface area contributed by atoms with E-state index in [0.717, 1.165) is 23.1 Å². The predicted octanol–water partition coefficient (Wildman–Crippen LogP) is 2.07. The third-order valence-corrected chi connectivity index (χ3v) is 3.13. The first-order chi connectivity index (χ1) is 10.7. The number of halogens is 3. The smallest absolute Gasteiger partial charge is 0.464 e. The van der Waals surface area contributed by atoms with Gasteiger partial charge in [0.2, 0.25) is 0 Å². The number of rotatable bonds is 4. The molecule has 1 amide bonds. The van der Waals surface area contributed by atoms with Crippen LogP contribution in [-0.4, -0.2) is 36.7 Å². The summed E-state index contributed by atoms with van der Waals surface area (Å²) in [5.74, 6) is -3.37. The number of carbonyl (C=O) groups is 3. The first-order valence-electron chi connectivity index (χ1n) is 6.60. The van der Waals surface area contributed by atoms with E-state index in [4.69, 9.17) is 4.74 Å². The second-order valence-corrected chi connectivity index (χ2v) is 4.66. The number of fused-ring (bicyclic) bond motifs is 1. The number of hydrogen-bond acceptors (Lipinski definition) is 5. The van der Waals surface area contributed by atoms with Crippen LogP contribution >= 0.6 is 0 Å². The Hall–Kier alpha value is -2.58. The fourth-order valence-electron chi connectivity index (χ4n) is 2.19. The summed E-state index contributed by atoms with van der Waals surface area (Å²) in [6.45, 7) is 3.03. The molecule has 1 unspecified atom stereocenters. The number of carbonyl (C=O) groups excluding carboxylic acids is 3. The Labute approximate surface area is 128 Å². The Bertz CT molecular complexity index is 671. The largest absolute Gasteiger partial charge is 0.573 e. The standard InChI is InChI=1S/C14H12F3NO5/c1-3-22-13(21)7(2)18-10-5-4-8(23-14(15,16)17)6-9(10)11(19)12(18)20/h4-7H,3H2,1-2H3. The summed E-state index contributed by atoms with van der Waals surface area (Å²) in [7, 11) is 0. The van der Waals surface area contributed by atoms with E-state index in [9.17, 15) is 27.6 Å². The molecular formula is C14H12F3NO5. The number of benzene rings is 1. The molecule has 0 bridgehead atoms. The molecule has 1 atom stereocenters. The number of hydrogen-bond donors (Lipinski definition) is 0. The molecule has 9 heteroatoms. The second-order valence-electron chi connectivity index (χ2n) is 4.66. The summed E-state index contributed by atoms with van der Waals surface area (Å²) in [5.41, 5.74) is -0.219. The Morgan fingerprint density at radius 1 is 1.30 bits per heavy atom. The lowest BCUT2D eigenvalue weighted by atomic mass is 10.1. The van der Waals surface area contributed by atoms with Crippen molar-refractivity contribution in [1.82, 2.24) is 0 Å². The molecule has 6 nitrogen and oxygen atoms in total. The molecule has 1 aromatic rings. The second kappa shape index (κ2) is 5.90. The summed E-state index contributed by atoms with van der Waals surface area (Å²) in [6, 6.07) is 1.82. The van der Waals surface area contributed by atoms with E-state index in [1.807, 2.05) is 0 Å².